The van der Waals surface area contributed by atoms with Crippen molar-refractivity contribution >= 4 is 23.2 Å². The van der Waals surface area contributed by atoms with E-state index in [1.165, 1.54) is 0 Å². The first-order chi connectivity index (χ1) is 11.6. The van der Waals surface area contributed by atoms with Gasteiger partial charge in [0.05, 0.1) is 11.3 Å². The summed E-state index contributed by atoms with van der Waals surface area (Å²) in [6, 6.07) is 15.6. The summed E-state index contributed by atoms with van der Waals surface area (Å²) in [5.74, 6) is 0.174. The molecule has 2 atom stereocenters. The third-order valence-corrected chi connectivity index (χ3v) is 4.13. The minimum atomic E-state index is -0.325. The van der Waals surface area contributed by atoms with Gasteiger partial charge in [0.2, 0.25) is 5.91 Å². The van der Waals surface area contributed by atoms with E-state index >= 15 is 0 Å². The van der Waals surface area contributed by atoms with Crippen LogP contribution in [0.4, 0.5) is 11.4 Å². The van der Waals surface area contributed by atoms with Crippen LogP contribution in [-0.4, -0.2) is 11.8 Å². The maximum Gasteiger partial charge on any atom is 0.255 e. The Balaban J connectivity index is 1.72. The molecular formula is C19H17N3O2. The summed E-state index contributed by atoms with van der Waals surface area (Å²) in [5.41, 5.74) is 1.88. The Morgan fingerprint density at radius 1 is 1.12 bits per heavy atom. The van der Waals surface area contributed by atoms with E-state index in [4.69, 9.17) is 5.26 Å². The van der Waals surface area contributed by atoms with E-state index in [9.17, 15) is 9.59 Å². The second kappa shape index (κ2) is 6.55. The van der Waals surface area contributed by atoms with E-state index in [0.29, 0.717) is 28.4 Å². The molecule has 1 aliphatic rings. The predicted molar refractivity (Wildman–Crippen MR) is 91.5 cm³/mol. The van der Waals surface area contributed by atoms with Gasteiger partial charge in [-0.3, -0.25) is 9.59 Å². The van der Waals surface area contributed by atoms with Crippen molar-refractivity contribution in [3.05, 3.63) is 59.7 Å². The Morgan fingerprint density at radius 3 is 2.58 bits per heavy atom. The van der Waals surface area contributed by atoms with Gasteiger partial charge in [0.15, 0.2) is 0 Å². The number of rotatable bonds is 4. The molecule has 2 aromatic carbocycles. The first kappa shape index (κ1) is 15.8. The molecular weight excluding hydrogens is 302 g/mol. The van der Waals surface area contributed by atoms with Crippen LogP contribution in [0.25, 0.3) is 0 Å². The van der Waals surface area contributed by atoms with E-state index in [-0.39, 0.29) is 17.7 Å². The number of benzene rings is 2. The molecule has 3 rings (SSSR count). The summed E-state index contributed by atoms with van der Waals surface area (Å²) in [5, 5.41) is 14.6. The molecule has 0 unspecified atom stereocenters. The lowest BCUT2D eigenvalue weighted by atomic mass is 10.1. The van der Waals surface area contributed by atoms with Crippen molar-refractivity contribution in [2.45, 2.75) is 13.3 Å². The molecule has 2 amide bonds. The predicted octanol–water partition coefficient (Wildman–Crippen LogP) is 3.41. The summed E-state index contributed by atoms with van der Waals surface area (Å²) in [7, 11) is 0. The lowest BCUT2D eigenvalue weighted by Crippen LogP contribution is -2.16. The minimum absolute atomic E-state index is 0.00474. The lowest BCUT2D eigenvalue weighted by molar-refractivity contribution is -0.117. The summed E-state index contributed by atoms with van der Waals surface area (Å²) >= 11 is 0. The quantitative estimate of drug-likeness (QED) is 0.906. The van der Waals surface area contributed by atoms with Gasteiger partial charge in [-0.15, -0.1) is 0 Å². The molecule has 1 saturated carbocycles. The topological polar surface area (TPSA) is 82.0 Å². The highest BCUT2D eigenvalue weighted by Gasteiger charge is 2.39. The van der Waals surface area contributed by atoms with Crippen LogP contribution in [0.1, 0.15) is 29.3 Å². The number of carbonyl (C=O) groups excluding carboxylic acids is 2. The Bertz CT molecular complexity index is 839. The molecule has 24 heavy (non-hydrogen) atoms. The van der Waals surface area contributed by atoms with Gasteiger partial charge >= 0.3 is 0 Å². The van der Waals surface area contributed by atoms with Crippen LogP contribution in [0.2, 0.25) is 0 Å². The Labute approximate surface area is 140 Å². The fourth-order valence-corrected chi connectivity index (χ4v) is 2.54. The number of amides is 2. The zero-order chi connectivity index (χ0) is 17.1. The largest absolute Gasteiger partial charge is 0.326 e. The van der Waals surface area contributed by atoms with E-state index in [2.05, 4.69) is 10.6 Å². The van der Waals surface area contributed by atoms with Crippen molar-refractivity contribution < 1.29 is 9.59 Å². The van der Waals surface area contributed by atoms with Crippen LogP contribution in [0.3, 0.4) is 0 Å². The number of nitrogens with one attached hydrogen (secondary N) is 2. The van der Waals surface area contributed by atoms with Crippen LogP contribution in [-0.2, 0) is 4.79 Å². The Hall–Kier alpha value is -3.13. The van der Waals surface area contributed by atoms with Crippen molar-refractivity contribution in [3.63, 3.8) is 0 Å². The molecule has 0 radical (unpaired) electrons. The third kappa shape index (κ3) is 3.44. The first-order valence-corrected chi connectivity index (χ1v) is 7.80. The third-order valence-electron chi connectivity index (χ3n) is 4.13. The highest BCUT2D eigenvalue weighted by atomic mass is 16.2. The number of nitrogens with zero attached hydrogens (tertiary/aromatic N) is 1. The zero-order valence-corrected chi connectivity index (χ0v) is 13.2. The van der Waals surface area contributed by atoms with E-state index < -0.39 is 0 Å². The Morgan fingerprint density at radius 2 is 1.88 bits per heavy atom. The highest BCUT2D eigenvalue weighted by molar-refractivity contribution is 6.06. The molecule has 2 aromatic rings. The molecule has 1 aliphatic carbocycles. The number of anilines is 2. The molecule has 0 saturated heterocycles. The lowest BCUT2D eigenvalue weighted by Gasteiger charge is -2.09. The van der Waals surface area contributed by atoms with Gasteiger partial charge in [-0.1, -0.05) is 25.1 Å². The Kier molecular flexibility index (Phi) is 4.30. The minimum Gasteiger partial charge on any atom is -0.326 e. The summed E-state index contributed by atoms with van der Waals surface area (Å²) in [6.45, 7) is 2.04. The fourth-order valence-electron chi connectivity index (χ4n) is 2.54. The average Bonchev–Trinajstić information content (AvgIpc) is 3.32. The molecule has 0 aromatic heterocycles. The number of nitriles is 1. The standard InChI is InChI=1S/C19H17N3O2/c1-12-9-16(12)19(24)21-15-7-4-6-13(10-15)18(23)22-17-8-3-2-5-14(17)11-20/h2-8,10,12,16H,9H2,1H3,(H,21,24)(H,22,23)/t12-,16+/m1/s1. The fraction of sp³-hybridized carbons (Fsp3) is 0.211. The molecule has 5 heteroatoms. The van der Waals surface area contributed by atoms with Crippen molar-refractivity contribution in [1.82, 2.24) is 0 Å². The van der Waals surface area contributed by atoms with Gasteiger partial charge < -0.3 is 10.6 Å². The van der Waals surface area contributed by atoms with Gasteiger partial charge in [-0.2, -0.15) is 5.26 Å². The number of para-hydroxylation sites is 1. The van der Waals surface area contributed by atoms with Crippen LogP contribution in [0.15, 0.2) is 48.5 Å². The summed E-state index contributed by atoms with van der Waals surface area (Å²) in [6.07, 6.45) is 0.914. The second-order valence-electron chi connectivity index (χ2n) is 6.00. The molecule has 120 valence electrons. The van der Waals surface area contributed by atoms with E-state index in [1.54, 1.807) is 48.5 Å². The molecule has 5 nitrogen and oxygen atoms in total. The van der Waals surface area contributed by atoms with Gasteiger partial charge in [-0.25, -0.2) is 0 Å². The van der Waals surface area contributed by atoms with Gasteiger partial charge in [0, 0.05) is 17.2 Å². The second-order valence-corrected chi connectivity index (χ2v) is 6.00. The molecule has 1 fully saturated rings. The molecule has 2 N–H and O–H groups in total. The van der Waals surface area contributed by atoms with Crippen LogP contribution in [0.5, 0.6) is 0 Å². The smallest absolute Gasteiger partial charge is 0.255 e. The summed E-state index contributed by atoms with van der Waals surface area (Å²) in [4.78, 5) is 24.4. The SMILES string of the molecule is C[C@@H]1C[C@@H]1C(=O)Nc1cccc(C(=O)Nc2ccccc2C#N)c1. The van der Waals surface area contributed by atoms with Crippen molar-refractivity contribution in [2.75, 3.05) is 10.6 Å². The van der Waals surface area contributed by atoms with Gasteiger partial charge in [-0.05, 0) is 42.7 Å². The number of carbonyl (C=O) groups is 2. The average molecular weight is 319 g/mol. The summed E-state index contributed by atoms with van der Waals surface area (Å²) < 4.78 is 0. The van der Waals surface area contributed by atoms with Crippen molar-refractivity contribution in [3.8, 4) is 6.07 Å². The van der Waals surface area contributed by atoms with Crippen molar-refractivity contribution in [2.24, 2.45) is 11.8 Å². The zero-order valence-electron chi connectivity index (χ0n) is 13.2. The highest BCUT2D eigenvalue weighted by Crippen LogP contribution is 2.38. The maximum absolute atomic E-state index is 12.4. The van der Waals surface area contributed by atoms with Crippen LogP contribution < -0.4 is 10.6 Å². The van der Waals surface area contributed by atoms with Crippen LogP contribution in [0, 0.1) is 23.2 Å². The normalized spacial score (nSPS) is 18.3. The van der Waals surface area contributed by atoms with Crippen LogP contribution >= 0.6 is 0 Å². The maximum atomic E-state index is 12.4. The molecule has 0 bridgehead atoms. The number of hydrogen-bond donors (Lipinski definition) is 2. The molecule has 0 heterocycles. The monoisotopic (exact) mass is 319 g/mol. The molecule has 0 aliphatic heterocycles. The van der Waals surface area contributed by atoms with Crippen molar-refractivity contribution in [1.29, 1.82) is 5.26 Å². The van der Waals surface area contributed by atoms with Gasteiger partial charge in [0.1, 0.15) is 6.07 Å². The van der Waals surface area contributed by atoms with Gasteiger partial charge in [0.25, 0.3) is 5.91 Å². The first-order valence-electron chi connectivity index (χ1n) is 7.80. The number of hydrogen-bond acceptors (Lipinski definition) is 3. The van der Waals surface area contributed by atoms with E-state index in [0.717, 1.165) is 6.42 Å². The van der Waals surface area contributed by atoms with E-state index in [1.807, 2.05) is 13.0 Å². The molecule has 0 spiro atoms.